The standard InChI is InChI=1S/C24H23N3O5S2/c1-31-20-7-4-8-21-22(20)25-24(33-21)27(16-18-6-5-15-32-18)23(28)17-9-11-19(12-10-17)34(29,30)26-13-2-3-14-26/h4-12,15H,2-3,13-14,16H2,1H3. The van der Waals surface area contributed by atoms with Crippen molar-refractivity contribution in [1.82, 2.24) is 9.29 Å². The summed E-state index contributed by atoms with van der Waals surface area (Å²) in [6, 6.07) is 15.3. The number of hydrogen-bond donors (Lipinski definition) is 0. The first-order valence-corrected chi connectivity index (χ1v) is 13.1. The maximum Gasteiger partial charge on any atom is 0.260 e. The molecule has 0 spiro atoms. The number of ether oxygens (including phenoxy) is 1. The number of amides is 1. The third-order valence-electron chi connectivity index (χ3n) is 5.76. The number of nitrogens with zero attached hydrogens (tertiary/aromatic N) is 3. The van der Waals surface area contributed by atoms with Gasteiger partial charge in [-0.25, -0.2) is 13.4 Å². The van der Waals surface area contributed by atoms with E-state index < -0.39 is 10.0 Å². The van der Waals surface area contributed by atoms with Gasteiger partial charge in [0, 0.05) is 18.7 Å². The molecular formula is C24H23N3O5S2. The number of carbonyl (C=O) groups is 1. The summed E-state index contributed by atoms with van der Waals surface area (Å²) in [5.41, 5.74) is 1.03. The highest BCUT2D eigenvalue weighted by atomic mass is 32.2. The summed E-state index contributed by atoms with van der Waals surface area (Å²) in [7, 11) is -1.97. The normalized spacial score (nSPS) is 14.5. The second-order valence-corrected chi connectivity index (χ2v) is 10.9. The summed E-state index contributed by atoms with van der Waals surface area (Å²) in [4.78, 5) is 20.0. The van der Waals surface area contributed by atoms with Crippen LogP contribution in [0.5, 0.6) is 5.75 Å². The van der Waals surface area contributed by atoms with Crippen LogP contribution in [0.3, 0.4) is 0 Å². The number of methoxy groups -OCH3 is 1. The van der Waals surface area contributed by atoms with Crippen molar-refractivity contribution in [2.45, 2.75) is 24.3 Å². The Morgan fingerprint density at radius 1 is 1.12 bits per heavy atom. The molecule has 3 heterocycles. The van der Waals surface area contributed by atoms with Gasteiger partial charge in [0.05, 0.1) is 29.5 Å². The number of hydrogen-bond acceptors (Lipinski definition) is 7. The summed E-state index contributed by atoms with van der Waals surface area (Å²) < 4.78 is 39.0. The number of para-hydroxylation sites is 1. The van der Waals surface area contributed by atoms with Crippen LogP contribution in [-0.2, 0) is 16.6 Å². The van der Waals surface area contributed by atoms with Crippen LogP contribution in [0.25, 0.3) is 10.2 Å². The van der Waals surface area contributed by atoms with Crippen molar-refractivity contribution >= 4 is 42.6 Å². The van der Waals surface area contributed by atoms with Crippen LogP contribution >= 0.6 is 11.3 Å². The summed E-state index contributed by atoms with van der Waals surface area (Å²) in [6.45, 7) is 1.24. The van der Waals surface area contributed by atoms with Crippen molar-refractivity contribution in [3.8, 4) is 5.75 Å². The average molecular weight is 498 g/mol. The molecule has 5 rings (SSSR count). The fraction of sp³-hybridized carbons (Fsp3) is 0.250. The molecule has 1 fully saturated rings. The maximum atomic E-state index is 13.6. The van der Waals surface area contributed by atoms with Gasteiger partial charge in [0.2, 0.25) is 10.0 Å². The smallest absolute Gasteiger partial charge is 0.260 e. The summed E-state index contributed by atoms with van der Waals surface area (Å²) >= 11 is 1.37. The molecule has 0 N–H and O–H groups in total. The van der Waals surface area contributed by atoms with Crippen LogP contribution < -0.4 is 9.64 Å². The quantitative estimate of drug-likeness (QED) is 0.372. The maximum absolute atomic E-state index is 13.6. The fourth-order valence-corrected chi connectivity index (χ4v) is 6.48. The van der Waals surface area contributed by atoms with E-state index in [9.17, 15) is 13.2 Å². The molecule has 0 bridgehead atoms. The molecule has 2 aromatic carbocycles. The van der Waals surface area contributed by atoms with Gasteiger partial charge in [0.15, 0.2) is 5.13 Å². The summed E-state index contributed by atoms with van der Waals surface area (Å²) in [5, 5.41) is 0.495. The van der Waals surface area contributed by atoms with Crippen molar-refractivity contribution in [3.63, 3.8) is 0 Å². The number of anilines is 1. The Balaban J connectivity index is 1.49. The molecule has 1 aliphatic heterocycles. The fourth-order valence-electron chi connectivity index (χ4n) is 3.98. The zero-order valence-corrected chi connectivity index (χ0v) is 20.1. The Hall–Kier alpha value is -3.21. The van der Waals surface area contributed by atoms with E-state index in [4.69, 9.17) is 9.15 Å². The van der Waals surface area contributed by atoms with Gasteiger partial charge in [-0.1, -0.05) is 17.4 Å². The molecule has 1 amide bonds. The lowest BCUT2D eigenvalue weighted by Gasteiger charge is -2.19. The molecule has 0 aliphatic carbocycles. The molecule has 0 saturated carbocycles. The van der Waals surface area contributed by atoms with E-state index in [2.05, 4.69) is 4.98 Å². The van der Waals surface area contributed by atoms with Gasteiger partial charge in [-0.15, -0.1) is 0 Å². The Bertz CT molecular complexity index is 1410. The van der Waals surface area contributed by atoms with Crippen molar-refractivity contribution in [3.05, 3.63) is 72.2 Å². The molecule has 4 aromatic rings. The predicted octanol–water partition coefficient (Wildman–Crippen LogP) is 4.53. The lowest BCUT2D eigenvalue weighted by atomic mass is 10.2. The van der Waals surface area contributed by atoms with E-state index >= 15 is 0 Å². The molecule has 2 aromatic heterocycles. The lowest BCUT2D eigenvalue weighted by Crippen LogP contribution is -2.30. The van der Waals surface area contributed by atoms with Crippen molar-refractivity contribution in [1.29, 1.82) is 0 Å². The van der Waals surface area contributed by atoms with E-state index in [-0.39, 0.29) is 17.3 Å². The molecule has 34 heavy (non-hydrogen) atoms. The summed E-state index contributed by atoms with van der Waals surface area (Å²) in [5.74, 6) is 0.925. The first-order chi connectivity index (χ1) is 16.5. The van der Waals surface area contributed by atoms with Gasteiger partial charge < -0.3 is 9.15 Å². The highest BCUT2D eigenvalue weighted by Gasteiger charge is 2.28. The first-order valence-electron chi connectivity index (χ1n) is 10.9. The third kappa shape index (κ3) is 4.20. The SMILES string of the molecule is COc1cccc2sc(N(Cc3ccco3)C(=O)c3ccc(S(=O)(=O)N4CCCC4)cc3)nc12. The van der Waals surface area contributed by atoms with Gasteiger partial charge >= 0.3 is 0 Å². The van der Waals surface area contributed by atoms with E-state index in [0.717, 1.165) is 17.5 Å². The second-order valence-electron chi connectivity index (χ2n) is 7.91. The number of benzene rings is 2. The van der Waals surface area contributed by atoms with Crippen LogP contribution in [0.1, 0.15) is 29.0 Å². The van der Waals surface area contributed by atoms with Crippen molar-refractivity contribution in [2.24, 2.45) is 0 Å². The van der Waals surface area contributed by atoms with E-state index in [1.54, 1.807) is 37.6 Å². The Morgan fingerprint density at radius 3 is 2.56 bits per heavy atom. The predicted molar refractivity (Wildman–Crippen MR) is 130 cm³/mol. The molecule has 10 heteroatoms. The zero-order chi connectivity index (χ0) is 23.7. The number of sulfonamides is 1. The topological polar surface area (TPSA) is 92.9 Å². The van der Waals surface area contributed by atoms with E-state index in [1.807, 2.05) is 18.2 Å². The highest BCUT2D eigenvalue weighted by molar-refractivity contribution is 7.89. The van der Waals surface area contributed by atoms with Crippen molar-refractivity contribution in [2.75, 3.05) is 25.1 Å². The van der Waals surface area contributed by atoms with Gasteiger partial charge in [-0.2, -0.15) is 4.31 Å². The van der Waals surface area contributed by atoms with Gasteiger partial charge in [-0.05, 0) is 61.4 Å². The van der Waals surface area contributed by atoms with Crippen molar-refractivity contribution < 1.29 is 22.4 Å². The van der Waals surface area contributed by atoms with Crippen LogP contribution in [0.2, 0.25) is 0 Å². The van der Waals surface area contributed by atoms with Gasteiger partial charge in [0.1, 0.15) is 17.0 Å². The third-order valence-corrected chi connectivity index (χ3v) is 8.72. The average Bonchev–Trinajstić information content (AvgIpc) is 3.63. The number of aromatic nitrogens is 1. The molecule has 1 saturated heterocycles. The first kappa shape index (κ1) is 22.6. The molecule has 1 aliphatic rings. The Kier molecular flexibility index (Phi) is 6.11. The zero-order valence-electron chi connectivity index (χ0n) is 18.5. The Morgan fingerprint density at radius 2 is 1.88 bits per heavy atom. The molecule has 0 radical (unpaired) electrons. The minimum absolute atomic E-state index is 0.182. The number of furan rings is 1. The number of carbonyl (C=O) groups excluding carboxylic acids is 1. The number of fused-ring (bicyclic) bond motifs is 1. The molecule has 0 atom stereocenters. The van der Waals surface area contributed by atoms with E-state index in [1.165, 1.54) is 32.7 Å². The monoisotopic (exact) mass is 497 g/mol. The molecular weight excluding hydrogens is 474 g/mol. The largest absolute Gasteiger partial charge is 0.494 e. The minimum Gasteiger partial charge on any atom is -0.494 e. The van der Waals surface area contributed by atoms with Gasteiger partial charge in [0.25, 0.3) is 5.91 Å². The Labute approximate surface area is 201 Å². The minimum atomic E-state index is -3.55. The second kappa shape index (κ2) is 9.21. The lowest BCUT2D eigenvalue weighted by molar-refractivity contribution is 0.0983. The molecule has 176 valence electrons. The highest BCUT2D eigenvalue weighted by Crippen LogP contribution is 2.35. The van der Waals surface area contributed by atoms with Crippen LogP contribution in [0.15, 0.2) is 70.2 Å². The van der Waals surface area contributed by atoms with E-state index in [0.29, 0.717) is 40.8 Å². The van der Waals surface area contributed by atoms with Crippen LogP contribution in [-0.4, -0.2) is 43.8 Å². The van der Waals surface area contributed by atoms with Gasteiger partial charge in [-0.3, -0.25) is 9.69 Å². The summed E-state index contributed by atoms with van der Waals surface area (Å²) in [6.07, 6.45) is 3.28. The van der Waals surface area contributed by atoms with Crippen LogP contribution in [0.4, 0.5) is 5.13 Å². The molecule has 0 unspecified atom stereocenters. The molecule has 8 nitrogen and oxygen atoms in total. The van der Waals surface area contributed by atoms with Crippen LogP contribution in [0, 0.1) is 0 Å². The number of thiazole rings is 1. The number of rotatable bonds is 7.